The lowest BCUT2D eigenvalue weighted by molar-refractivity contribution is -0.118. The highest BCUT2D eigenvalue weighted by molar-refractivity contribution is 5.97. The van der Waals surface area contributed by atoms with Gasteiger partial charge in [-0.25, -0.2) is 9.78 Å². The number of nitrogens with one attached hydrogen (secondary N) is 1. The molecular weight excluding hydrogens is 460 g/mol. The minimum atomic E-state index is -0.441. The van der Waals surface area contributed by atoms with Gasteiger partial charge >= 0.3 is 5.97 Å². The second-order valence-electron chi connectivity index (χ2n) is 7.73. The van der Waals surface area contributed by atoms with Crippen molar-refractivity contribution < 1.29 is 28.5 Å². The number of esters is 1. The van der Waals surface area contributed by atoms with Gasteiger partial charge in [0.05, 0.1) is 37.6 Å². The highest BCUT2D eigenvalue weighted by Crippen LogP contribution is 2.32. The van der Waals surface area contributed by atoms with E-state index in [0.717, 1.165) is 5.56 Å². The lowest BCUT2D eigenvalue weighted by atomic mass is 10.1. The highest BCUT2D eigenvalue weighted by atomic mass is 16.5. The summed E-state index contributed by atoms with van der Waals surface area (Å²) in [5, 5.41) is 3.39. The maximum absolute atomic E-state index is 12.7. The molecule has 3 aromatic carbocycles. The molecule has 1 N–H and O–H groups in total. The number of benzene rings is 3. The first-order valence-electron chi connectivity index (χ1n) is 11.3. The molecule has 0 radical (unpaired) electrons. The third-order valence-electron chi connectivity index (χ3n) is 5.38. The van der Waals surface area contributed by atoms with Gasteiger partial charge in [0, 0.05) is 28.8 Å². The average molecular weight is 487 g/mol. The van der Waals surface area contributed by atoms with E-state index in [0.29, 0.717) is 45.1 Å². The van der Waals surface area contributed by atoms with Crippen molar-refractivity contribution in [2.45, 2.75) is 6.92 Å². The Morgan fingerprint density at radius 1 is 0.861 bits per heavy atom. The van der Waals surface area contributed by atoms with Gasteiger partial charge in [-0.3, -0.25) is 4.79 Å². The lowest BCUT2D eigenvalue weighted by Gasteiger charge is -2.14. The van der Waals surface area contributed by atoms with Crippen LogP contribution in [-0.4, -0.2) is 44.3 Å². The molecule has 8 nitrogen and oxygen atoms in total. The zero-order valence-electron chi connectivity index (χ0n) is 20.2. The van der Waals surface area contributed by atoms with Crippen molar-refractivity contribution in [1.29, 1.82) is 0 Å². The number of carbonyl (C=O) groups excluding carboxylic acids is 2. The van der Waals surface area contributed by atoms with Crippen molar-refractivity contribution >= 4 is 28.5 Å². The van der Waals surface area contributed by atoms with Crippen LogP contribution in [-0.2, 0) is 9.53 Å². The van der Waals surface area contributed by atoms with E-state index in [1.54, 1.807) is 56.5 Å². The minimum Gasteiger partial charge on any atom is -0.493 e. The van der Waals surface area contributed by atoms with Crippen LogP contribution in [0.15, 0.2) is 72.8 Å². The predicted molar refractivity (Wildman–Crippen MR) is 137 cm³/mol. The summed E-state index contributed by atoms with van der Waals surface area (Å²) < 4.78 is 21.6. The molecule has 0 aliphatic heterocycles. The zero-order valence-corrected chi connectivity index (χ0v) is 20.2. The number of rotatable bonds is 9. The summed E-state index contributed by atoms with van der Waals surface area (Å²) in [6.07, 6.45) is 0. The molecule has 184 valence electrons. The van der Waals surface area contributed by atoms with E-state index in [2.05, 4.69) is 5.32 Å². The highest BCUT2D eigenvalue weighted by Gasteiger charge is 2.15. The van der Waals surface area contributed by atoms with Gasteiger partial charge in [-0.2, -0.15) is 0 Å². The number of anilines is 1. The quantitative estimate of drug-likeness (QED) is 0.328. The van der Waals surface area contributed by atoms with Gasteiger partial charge in [-0.15, -0.1) is 0 Å². The number of hydrogen-bond acceptors (Lipinski definition) is 7. The molecular formula is C28H26N2O6. The Kier molecular flexibility index (Phi) is 7.65. The predicted octanol–water partition coefficient (Wildman–Crippen LogP) is 5.11. The van der Waals surface area contributed by atoms with E-state index >= 15 is 0 Å². The van der Waals surface area contributed by atoms with Crippen LogP contribution in [0.4, 0.5) is 5.69 Å². The van der Waals surface area contributed by atoms with E-state index in [1.165, 1.54) is 7.11 Å². The Bertz CT molecular complexity index is 1390. The Balaban J connectivity index is 1.62. The Labute approximate surface area is 208 Å². The summed E-state index contributed by atoms with van der Waals surface area (Å²) in [6, 6.07) is 21.5. The fourth-order valence-corrected chi connectivity index (χ4v) is 3.67. The molecule has 1 aromatic heterocycles. The molecule has 1 amide bonds. The normalized spacial score (nSPS) is 10.5. The number of aromatic nitrogens is 1. The SMILES string of the molecule is CCOC(=O)c1ccc2nc(-c3ccccc3)cc(OCC(=O)Nc3ccc(OC)c(OC)c3)c2c1. The van der Waals surface area contributed by atoms with Crippen LogP contribution in [0.5, 0.6) is 17.2 Å². The van der Waals surface area contributed by atoms with Crippen LogP contribution in [0.2, 0.25) is 0 Å². The average Bonchev–Trinajstić information content (AvgIpc) is 2.91. The van der Waals surface area contributed by atoms with Crippen LogP contribution in [0.3, 0.4) is 0 Å². The Hall–Kier alpha value is -4.59. The topological polar surface area (TPSA) is 96.0 Å². The molecule has 4 rings (SSSR count). The maximum atomic E-state index is 12.7. The molecule has 4 aromatic rings. The summed E-state index contributed by atoms with van der Waals surface area (Å²) in [4.78, 5) is 29.7. The number of carbonyl (C=O) groups is 2. The first kappa shape index (κ1) is 24.5. The molecule has 0 saturated carbocycles. The number of amides is 1. The first-order valence-corrected chi connectivity index (χ1v) is 11.3. The molecule has 0 atom stereocenters. The van der Waals surface area contributed by atoms with E-state index in [9.17, 15) is 9.59 Å². The second kappa shape index (κ2) is 11.2. The smallest absolute Gasteiger partial charge is 0.338 e. The number of pyridine rings is 1. The molecule has 0 aliphatic rings. The summed E-state index contributed by atoms with van der Waals surface area (Å²) in [7, 11) is 3.07. The van der Waals surface area contributed by atoms with Crippen molar-refractivity contribution in [3.8, 4) is 28.5 Å². The molecule has 0 aliphatic carbocycles. The minimum absolute atomic E-state index is 0.259. The number of methoxy groups -OCH3 is 2. The molecule has 0 fully saturated rings. The maximum Gasteiger partial charge on any atom is 0.338 e. The molecule has 8 heteroatoms. The summed E-state index contributed by atoms with van der Waals surface area (Å²) in [6.45, 7) is 1.76. The molecule has 0 spiro atoms. The van der Waals surface area contributed by atoms with Gasteiger partial charge in [-0.05, 0) is 37.3 Å². The fraction of sp³-hybridized carbons (Fsp3) is 0.179. The number of ether oxygens (including phenoxy) is 4. The van der Waals surface area contributed by atoms with E-state index in [-0.39, 0.29) is 19.1 Å². The summed E-state index contributed by atoms with van der Waals surface area (Å²) in [5.74, 6) is 0.669. The first-order chi connectivity index (χ1) is 17.5. The van der Waals surface area contributed by atoms with Gasteiger partial charge in [-0.1, -0.05) is 30.3 Å². The van der Waals surface area contributed by atoms with Crippen LogP contribution in [0.1, 0.15) is 17.3 Å². The van der Waals surface area contributed by atoms with Crippen molar-refractivity contribution in [2.75, 3.05) is 32.8 Å². The van der Waals surface area contributed by atoms with Crippen LogP contribution in [0.25, 0.3) is 22.2 Å². The second-order valence-corrected chi connectivity index (χ2v) is 7.73. The fourth-order valence-electron chi connectivity index (χ4n) is 3.67. The molecule has 0 saturated heterocycles. The van der Waals surface area contributed by atoms with Crippen molar-refractivity contribution in [2.24, 2.45) is 0 Å². The van der Waals surface area contributed by atoms with E-state index in [4.69, 9.17) is 23.9 Å². The zero-order chi connectivity index (χ0) is 25.5. The molecule has 36 heavy (non-hydrogen) atoms. The van der Waals surface area contributed by atoms with Crippen molar-refractivity contribution in [3.05, 3.63) is 78.4 Å². The number of hydrogen-bond donors (Lipinski definition) is 1. The standard InChI is InChI=1S/C28H26N2O6/c1-4-35-28(32)19-10-12-22-21(14-19)25(16-23(30-22)18-8-6-5-7-9-18)36-17-27(31)29-20-11-13-24(33-2)26(15-20)34-3/h5-16H,4,17H2,1-3H3,(H,29,31). The van der Waals surface area contributed by atoms with Crippen molar-refractivity contribution in [1.82, 2.24) is 4.98 Å². The van der Waals surface area contributed by atoms with Gasteiger partial charge < -0.3 is 24.3 Å². The van der Waals surface area contributed by atoms with E-state index < -0.39 is 5.97 Å². The van der Waals surface area contributed by atoms with Crippen LogP contribution >= 0.6 is 0 Å². The molecule has 0 bridgehead atoms. The third kappa shape index (κ3) is 5.55. The summed E-state index contributed by atoms with van der Waals surface area (Å²) in [5.41, 5.74) is 3.11. The molecule has 0 unspecified atom stereocenters. The number of fused-ring (bicyclic) bond motifs is 1. The van der Waals surface area contributed by atoms with Crippen molar-refractivity contribution in [3.63, 3.8) is 0 Å². The molecule has 1 heterocycles. The van der Waals surface area contributed by atoms with Crippen LogP contribution in [0, 0.1) is 0 Å². The monoisotopic (exact) mass is 486 g/mol. The van der Waals surface area contributed by atoms with Gasteiger partial charge in [0.15, 0.2) is 18.1 Å². The van der Waals surface area contributed by atoms with E-state index in [1.807, 2.05) is 30.3 Å². The van der Waals surface area contributed by atoms with Crippen LogP contribution < -0.4 is 19.5 Å². The largest absolute Gasteiger partial charge is 0.493 e. The summed E-state index contributed by atoms with van der Waals surface area (Å²) >= 11 is 0. The lowest BCUT2D eigenvalue weighted by Crippen LogP contribution is -2.20. The van der Waals surface area contributed by atoms with Gasteiger partial charge in [0.2, 0.25) is 0 Å². The Morgan fingerprint density at radius 3 is 2.36 bits per heavy atom. The van der Waals surface area contributed by atoms with Gasteiger partial charge in [0.25, 0.3) is 5.91 Å². The third-order valence-corrected chi connectivity index (χ3v) is 5.38. The number of nitrogens with zero attached hydrogens (tertiary/aromatic N) is 1. The Morgan fingerprint density at radius 2 is 1.64 bits per heavy atom. The van der Waals surface area contributed by atoms with Gasteiger partial charge in [0.1, 0.15) is 5.75 Å².